The fourth-order valence-electron chi connectivity index (χ4n) is 1.21. The van der Waals surface area contributed by atoms with Crippen LogP contribution in [0.3, 0.4) is 0 Å². The number of hydrogen-bond donors (Lipinski definition) is 2. The van der Waals surface area contributed by atoms with Gasteiger partial charge in [-0.05, 0) is 63.7 Å². The van der Waals surface area contributed by atoms with Crippen LogP contribution in [0.4, 0.5) is 0 Å². The fraction of sp³-hybridized carbons (Fsp3) is 0.300. The molecule has 0 aliphatic heterocycles. The van der Waals surface area contributed by atoms with Gasteiger partial charge >= 0.3 is 5.97 Å². The number of halogens is 2. The fourth-order valence-corrected chi connectivity index (χ4v) is 3.53. The quantitative estimate of drug-likeness (QED) is 0.271. The van der Waals surface area contributed by atoms with Gasteiger partial charge in [0.1, 0.15) is 11.3 Å². The summed E-state index contributed by atoms with van der Waals surface area (Å²) in [6.45, 7) is -0.153. The van der Waals surface area contributed by atoms with E-state index in [0.29, 0.717) is 3.57 Å². The molecule has 6 nitrogen and oxygen atoms in total. The molecule has 0 saturated carbocycles. The molecular weight excluding hydrogens is 502 g/mol. The first-order valence-corrected chi connectivity index (χ1v) is 8.77. The van der Waals surface area contributed by atoms with E-state index >= 15 is 0 Å². The van der Waals surface area contributed by atoms with Gasteiger partial charge in [0.25, 0.3) is 10.1 Å². The summed E-state index contributed by atoms with van der Waals surface area (Å²) in [5.41, 5.74) is 0.0307. The summed E-state index contributed by atoms with van der Waals surface area (Å²) in [6.07, 6.45) is -0.00759. The Morgan fingerprint density at radius 1 is 1.32 bits per heavy atom. The van der Waals surface area contributed by atoms with Crippen molar-refractivity contribution in [1.29, 1.82) is 0 Å². The van der Waals surface area contributed by atoms with Gasteiger partial charge in [-0.15, -0.1) is 0 Å². The Bertz CT molecular complexity index is 584. The number of ether oxygens (including phenoxy) is 1. The molecule has 2 N–H and O–H groups in total. The van der Waals surface area contributed by atoms with Gasteiger partial charge in [-0.25, -0.2) is 4.79 Å². The maximum atomic E-state index is 11.7. The number of rotatable bonds is 5. The molecule has 0 aromatic heterocycles. The van der Waals surface area contributed by atoms with Crippen LogP contribution >= 0.6 is 45.2 Å². The highest BCUT2D eigenvalue weighted by atomic mass is 127. The van der Waals surface area contributed by atoms with Gasteiger partial charge in [0.15, 0.2) is 0 Å². The van der Waals surface area contributed by atoms with Crippen molar-refractivity contribution >= 4 is 61.3 Å². The summed E-state index contributed by atoms with van der Waals surface area (Å²) in [5.74, 6) is -1.37. The van der Waals surface area contributed by atoms with Crippen LogP contribution in [0.1, 0.15) is 16.8 Å². The Morgan fingerprint density at radius 2 is 1.95 bits per heavy atom. The Balaban J connectivity index is 2.64. The van der Waals surface area contributed by atoms with E-state index in [1.54, 1.807) is 6.07 Å². The zero-order chi connectivity index (χ0) is 14.6. The Morgan fingerprint density at radius 3 is 2.53 bits per heavy atom. The van der Waals surface area contributed by atoms with Crippen molar-refractivity contribution in [3.8, 4) is 5.75 Å². The van der Waals surface area contributed by atoms with Gasteiger partial charge in [0.2, 0.25) is 0 Å². The minimum absolute atomic E-state index is 0.00759. The van der Waals surface area contributed by atoms with Crippen LogP contribution in [0.2, 0.25) is 0 Å². The predicted molar refractivity (Wildman–Crippen MR) is 84.9 cm³/mol. The van der Waals surface area contributed by atoms with Gasteiger partial charge in [-0.2, -0.15) is 8.42 Å². The van der Waals surface area contributed by atoms with E-state index in [1.807, 2.05) is 45.2 Å². The topological polar surface area (TPSA) is 101 Å². The normalized spacial score (nSPS) is 11.3. The van der Waals surface area contributed by atoms with Crippen LogP contribution in [0, 0.1) is 7.14 Å². The number of hydrogen-bond acceptors (Lipinski definition) is 5. The molecule has 106 valence electrons. The van der Waals surface area contributed by atoms with E-state index in [9.17, 15) is 18.3 Å². The van der Waals surface area contributed by atoms with Crippen molar-refractivity contribution in [3.63, 3.8) is 0 Å². The Hall–Kier alpha value is -0.140. The number of carbonyl (C=O) groups excluding carboxylic acids is 1. The summed E-state index contributed by atoms with van der Waals surface area (Å²) in [5, 5.41) is 9.73. The maximum absolute atomic E-state index is 11.7. The lowest BCUT2D eigenvalue weighted by Gasteiger charge is -2.07. The van der Waals surface area contributed by atoms with Crippen LogP contribution in [-0.2, 0) is 14.9 Å². The van der Waals surface area contributed by atoms with Crippen LogP contribution in [-0.4, -0.2) is 36.4 Å². The van der Waals surface area contributed by atoms with Crippen LogP contribution < -0.4 is 0 Å². The van der Waals surface area contributed by atoms with Gasteiger partial charge in [-0.1, -0.05) is 0 Å². The maximum Gasteiger partial charge on any atom is 0.341 e. The van der Waals surface area contributed by atoms with E-state index in [-0.39, 0.29) is 24.3 Å². The van der Waals surface area contributed by atoms with E-state index in [4.69, 9.17) is 9.29 Å². The average Bonchev–Trinajstić information content (AvgIpc) is 2.27. The van der Waals surface area contributed by atoms with Crippen LogP contribution in [0.15, 0.2) is 12.1 Å². The van der Waals surface area contributed by atoms with Crippen molar-refractivity contribution in [2.24, 2.45) is 0 Å². The van der Waals surface area contributed by atoms with Crippen LogP contribution in [0.25, 0.3) is 0 Å². The molecular formula is C10H10I2O6S. The summed E-state index contributed by atoms with van der Waals surface area (Å²) < 4.78 is 35.6. The highest BCUT2D eigenvalue weighted by Gasteiger charge is 2.16. The van der Waals surface area contributed by atoms with Crippen molar-refractivity contribution in [1.82, 2.24) is 0 Å². The number of carbonyl (C=O) groups is 1. The van der Waals surface area contributed by atoms with Crippen molar-refractivity contribution in [3.05, 3.63) is 24.8 Å². The molecule has 1 rings (SSSR count). The number of phenols is 1. The average molecular weight is 512 g/mol. The third-order valence-corrected chi connectivity index (χ3v) is 4.28. The standard InChI is InChI=1S/C10H10I2O6S/c11-6-4-7(9(13)8(12)5-6)10(14)18-2-1-3-19(15,16)17/h4-5,13H,1-3H2,(H,15,16,17). The Labute approximate surface area is 137 Å². The largest absolute Gasteiger partial charge is 0.506 e. The third kappa shape index (κ3) is 5.79. The molecule has 19 heavy (non-hydrogen) atoms. The van der Waals surface area contributed by atoms with Crippen LogP contribution in [0.5, 0.6) is 5.75 Å². The molecule has 0 radical (unpaired) electrons. The van der Waals surface area contributed by atoms with Gasteiger partial charge < -0.3 is 9.84 Å². The lowest BCUT2D eigenvalue weighted by molar-refractivity contribution is 0.0501. The summed E-state index contributed by atoms with van der Waals surface area (Å²) >= 11 is 3.89. The van der Waals surface area contributed by atoms with Gasteiger partial charge in [0, 0.05) is 3.57 Å². The molecule has 0 unspecified atom stereocenters. The van der Waals surface area contributed by atoms with E-state index in [1.165, 1.54) is 6.07 Å². The first kappa shape index (κ1) is 16.9. The molecule has 0 bridgehead atoms. The molecule has 1 aromatic carbocycles. The van der Waals surface area contributed by atoms with Crippen molar-refractivity contribution < 1.29 is 27.6 Å². The lowest BCUT2D eigenvalue weighted by Crippen LogP contribution is -2.11. The molecule has 0 aliphatic rings. The first-order valence-electron chi connectivity index (χ1n) is 5.01. The zero-order valence-electron chi connectivity index (χ0n) is 9.47. The minimum Gasteiger partial charge on any atom is -0.506 e. The molecule has 0 atom stereocenters. The Kier molecular flexibility index (Phi) is 6.26. The highest BCUT2D eigenvalue weighted by Crippen LogP contribution is 2.27. The third-order valence-electron chi connectivity index (χ3n) is 2.03. The lowest BCUT2D eigenvalue weighted by atomic mass is 10.2. The number of aromatic hydroxyl groups is 1. The number of esters is 1. The van der Waals surface area contributed by atoms with Crippen molar-refractivity contribution in [2.45, 2.75) is 6.42 Å². The molecule has 0 spiro atoms. The monoisotopic (exact) mass is 512 g/mol. The SMILES string of the molecule is O=C(OCCCS(=O)(=O)O)c1cc(I)cc(I)c1O. The summed E-state index contributed by atoms with van der Waals surface area (Å²) in [6, 6.07) is 3.18. The van der Waals surface area contributed by atoms with E-state index < -0.39 is 21.8 Å². The van der Waals surface area contributed by atoms with Crippen molar-refractivity contribution in [2.75, 3.05) is 12.4 Å². The molecule has 0 saturated heterocycles. The molecule has 1 aromatic rings. The summed E-state index contributed by atoms with van der Waals surface area (Å²) in [7, 11) is -4.05. The number of benzene rings is 1. The molecule has 9 heteroatoms. The predicted octanol–water partition coefficient (Wildman–Crippen LogP) is 2.04. The van der Waals surface area contributed by atoms with E-state index in [2.05, 4.69) is 0 Å². The summed E-state index contributed by atoms with van der Waals surface area (Å²) in [4.78, 5) is 11.7. The molecule has 0 aliphatic carbocycles. The second-order valence-electron chi connectivity index (χ2n) is 3.56. The van der Waals surface area contributed by atoms with E-state index in [0.717, 1.165) is 3.57 Å². The molecule has 0 fully saturated rings. The number of phenolic OH excluding ortho intramolecular Hbond substituents is 1. The first-order chi connectivity index (χ1) is 8.70. The highest BCUT2D eigenvalue weighted by molar-refractivity contribution is 14.1. The van der Waals surface area contributed by atoms with Gasteiger partial charge in [-0.3, -0.25) is 4.55 Å². The second-order valence-corrected chi connectivity index (χ2v) is 7.54. The smallest absolute Gasteiger partial charge is 0.341 e. The zero-order valence-corrected chi connectivity index (χ0v) is 14.6. The second kappa shape index (κ2) is 7.04. The van der Waals surface area contributed by atoms with Gasteiger partial charge in [0.05, 0.1) is 15.9 Å². The molecule has 0 amide bonds. The molecule has 0 heterocycles. The minimum atomic E-state index is -4.05.